The molecule has 1 N–H and O–H groups in total. The highest BCUT2D eigenvalue weighted by Crippen LogP contribution is 2.07. The van der Waals surface area contributed by atoms with Gasteiger partial charge in [0.15, 0.2) is 0 Å². The smallest absolute Gasteiger partial charge is 0.255 e. The molecule has 0 bridgehead atoms. The zero-order chi connectivity index (χ0) is 14.3. The first-order valence-electron chi connectivity index (χ1n) is 6.64. The molecule has 1 aromatic rings. The third-order valence-corrected chi connectivity index (χ3v) is 2.80. The van der Waals surface area contributed by atoms with Gasteiger partial charge in [0.2, 0.25) is 0 Å². The minimum absolute atomic E-state index is 0.0105. The van der Waals surface area contributed by atoms with Gasteiger partial charge in [0.1, 0.15) is 5.82 Å². The molecule has 19 heavy (non-hydrogen) atoms. The SMILES string of the molecule is CCCNc1ccc(C(=O)N(C)CCN(C)C)cn1. The lowest BCUT2D eigenvalue weighted by atomic mass is 10.2. The number of hydrogen-bond donors (Lipinski definition) is 1. The van der Waals surface area contributed by atoms with Crippen LogP contribution in [0.3, 0.4) is 0 Å². The van der Waals surface area contributed by atoms with Gasteiger partial charge in [-0.1, -0.05) is 6.92 Å². The first-order chi connectivity index (χ1) is 9.04. The molecule has 0 unspecified atom stereocenters. The highest BCUT2D eigenvalue weighted by Gasteiger charge is 2.11. The van der Waals surface area contributed by atoms with Crippen molar-refractivity contribution in [3.8, 4) is 0 Å². The van der Waals surface area contributed by atoms with Crippen LogP contribution in [0.4, 0.5) is 5.82 Å². The van der Waals surface area contributed by atoms with E-state index in [1.807, 2.05) is 33.3 Å². The van der Waals surface area contributed by atoms with E-state index in [2.05, 4.69) is 22.1 Å². The molecule has 106 valence electrons. The van der Waals surface area contributed by atoms with Crippen LogP contribution in [0.5, 0.6) is 0 Å². The molecule has 1 amide bonds. The van der Waals surface area contributed by atoms with E-state index in [0.29, 0.717) is 12.1 Å². The largest absolute Gasteiger partial charge is 0.370 e. The Kier molecular flexibility index (Phi) is 6.29. The lowest BCUT2D eigenvalue weighted by molar-refractivity contribution is 0.0786. The summed E-state index contributed by atoms with van der Waals surface area (Å²) in [7, 11) is 5.80. The molecular formula is C14H24N4O. The summed E-state index contributed by atoms with van der Waals surface area (Å²) in [5.41, 5.74) is 0.628. The number of nitrogens with one attached hydrogen (secondary N) is 1. The van der Waals surface area contributed by atoms with Crippen LogP contribution < -0.4 is 5.32 Å². The fourth-order valence-electron chi connectivity index (χ4n) is 1.55. The van der Waals surface area contributed by atoms with Gasteiger partial charge in [-0.15, -0.1) is 0 Å². The number of anilines is 1. The van der Waals surface area contributed by atoms with Gasteiger partial charge in [-0.2, -0.15) is 0 Å². The summed E-state index contributed by atoms with van der Waals surface area (Å²) in [6.07, 6.45) is 2.68. The van der Waals surface area contributed by atoms with Crippen molar-refractivity contribution in [2.24, 2.45) is 0 Å². The van der Waals surface area contributed by atoms with Crippen molar-refractivity contribution in [1.82, 2.24) is 14.8 Å². The Morgan fingerprint density at radius 1 is 1.26 bits per heavy atom. The summed E-state index contributed by atoms with van der Waals surface area (Å²) in [5.74, 6) is 0.825. The summed E-state index contributed by atoms with van der Waals surface area (Å²) >= 11 is 0. The molecule has 1 aromatic heterocycles. The number of carbonyl (C=O) groups is 1. The minimum atomic E-state index is 0.0105. The Hall–Kier alpha value is -1.62. The molecule has 0 atom stereocenters. The monoisotopic (exact) mass is 264 g/mol. The molecule has 0 saturated carbocycles. The van der Waals surface area contributed by atoms with Crippen molar-refractivity contribution in [3.63, 3.8) is 0 Å². The number of amides is 1. The summed E-state index contributed by atoms with van der Waals surface area (Å²) in [6.45, 7) is 4.56. The maximum Gasteiger partial charge on any atom is 0.255 e. The molecule has 5 heteroatoms. The molecule has 0 radical (unpaired) electrons. The Labute approximate surface area is 115 Å². The molecule has 1 rings (SSSR count). The zero-order valence-corrected chi connectivity index (χ0v) is 12.3. The number of carbonyl (C=O) groups excluding carboxylic acids is 1. The molecule has 1 heterocycles. The highest BCUT2D eigenvalue weighted by molar-refractivity contribution is 5.93. The molecule has 0 saturated heterocycles. The zero-order valence-electron chi connectivity index (χ0n) is 12.3. The molecule has 5 nitrogen and oxygen atoms in total. The van der Waals surface area contributed by atoms with Crippen LogP contribution in [0.15, 0.2) is 18.3 Å². The van der Waals surface area contributed by atoms with Crippen LogP contribution >= 0.6 is 0 Å². The molecular weight excluding hydrogens is 240 g/mol. The number of hydrogen-bond acceptors (Lipinski definition) is 4. The van der Waals surface area contributed by atoms with Gasteiger partial charge in [0.05, 0.1) is 5.56 Å². The van der Waals surface area contributed by atoms with Gasteiger partial charge in [0, 0.05) is 32.9 Å². The maximum absolute atomic E-state index is 12.1. The number of aromatic nitrogens is 1. The molecule has 0 aromatic carbocycles. The Morgan fingerprint density at radius 2 is 2.00 bits per heavy atom. The summed E-state index contributed by atoms with van der Waals surface area (Å²) < 4.78 is 0. The van der Waals surface area contributed by atoms with Gasteiger partial charge in [-0.3, -0.25) is 4.79 Å². The quantitative estimate of drug-likeness (QED) is 0.811. The second-order valence-corrected chi connectivity index (χ2v) is 4.89. The maximum atomic E-state index is 12.1. The van der Waals surface area contributed by atoms with Crippen LogP contribution in [0.25, 0.3) is 0 Å². The Morgan fingerprint density at radius 3 is 2.53 bits per heavy atom. The van der Waals surface area contributed by atoms with E-state index >= 15 is 0 Å². The Balaban J connectivity index is 2.56. The second kappa shape index (κ2) is 7.74. The van der Waals surface area contributed by atoms with E-state index in [-0.39, 0.29) is 5.91 Å². The molecule has 0 aliphatic heterocycles. The van der Waals surface area contributed by atoms with Crippen molar-refractivity contribution in [3.05, 3.63) is 23.9 Å². The summed E-state index contributed by atoms with van der Waals surface area (Å²) in [4.78, 5) is 20.1. The van der Waals surface area contributed by atoms with E-state index in [4.69, 9.17) is 0 Å². The van der Waals surface area contributed by atoms with Gasteiger partial charge < -0.3 is 15.1 Å². The van der Waals surface area contributed by atoms with E-state index in [9.17, 15) is 4.79 Å². The normalized spacial score (nSPS) is 10.6. The van der Waals surface area contributed by atoms with Gasteiger partial charge in [-0.05, 0) is 32.6 Å². The molecule has 0 aliphatic carbocycles. The van der Waals surface area contributed by atoms with Gasteiger partial charge in [0.25, 0.3) is 5.91 Å². The van der Waals surface area contributed by atoms with Gasteiger partial charge in [-0.25, -0.2) is 4.98 Å². The summed E-state index contributed by atoms with van der Waals surface area (Å²) in [5, 5.41) is 3.19. The first-order valence-corrected chi connectivity index (χ1v) is 6.64. The predicted molar refractivity (Wildman–Crippen MR) is 78.5 cm³/mol. The highest BCUT2D eigenvalue weighted by atomic mass is 16.2. The second-order valence-electron chi connectivity index (χ2n) is 4.89. The topological polar surface area (TPSA) is 48.5 Å². The lowest BCUT2D eigenvalue weighted by Crippen LogP contribution is -2.33. The first kappa shape index (κ1) is 15.4. The van der Waals surface area contributed by atoms with Crippen LogP contribution in [-0.2, 0) is 0 Å². The van der Waals surface area contributed by atoms with Crippen LogP contribution in [0, 0.1) is 0 Å². The Bertz CT molecular complexity index is 389. The van der Waals surface area contributed by atoms with Crippen molar-refractivity contribution in [1.29, 1.82) is 0 Å². The van der Waals surface area contributed by atoms with E-state index in [0.717, 1.165) is 25.3 Å². The molecule has 0 fully saturated rings. The predicted octanol–water partition coefficient (Wildman–Crippen LogP) is 1.54. The molecule has 0 aliphatic rings. The van der Waals surface area contributed by atoms with Crippen LogP contribution in [0.2, 0.25) is 0 Å². The standard InChI is InChI=1S/C14H24N4O/c1-5-8-15-13-7-6-12(11-16-13)14(19)18(4)10-9-17(2)3/h6-7,11H,5,8-10H2,1-4H3,(H,15,16). The van der Waals surface area contributed by atoms with Crippen molar-refractivity contribution in [2.45, 2.75) is 13.3 Å². The third-order valence-electron chi connectivity index (χ3n) is 2.80. The van der Waals surface area contributed by atoms with E-state index in [1.165, 1.54) is 0 Å². The number of nitrogens with zero attached hydrogens (tertiary/aromatic N) is 3. The third kappa shape index (κ3) is 5.26. The number of likely N-dealkylation sites (N-methyl/N-ethyl adjacent to an activating group) is 2. The van der Waals surface area contributed by atoms with E-state index < -0.39 is 0 Å². The van der Waals surface area contributed by atoms with Gasteiger partial charge >= 0.3 is 0 Å². The van der Waals surface area contributed by atoms with E-state index in [1.54, 1.807) is 11.1 Å². The van der Waals surface area contributed by atoms with Crippen molar-refractivity contribution < 1.29 is 4.79 Å². The fraction of sp³-hybridized carbons (Fsp3) is 0.571. The fourth-order valence-corrected chi connectivity index (χ4v) is 1.55. The van der Waals surface area contributed by atoms with Crippen molar-refractivity contribution >= 4 is 11.7 Å². The minimum Gasteiger partial charge on any atom is -0.370 e. The number of pyridine rings is 1. The van der Waals surface area contributed by atoms with Crippen molar-refractivity contribution in [2.75, 3.05) is 46.1 Å². The summed E-state index contributed by atoms with van der Waals surface area (Å²) in [6, 6.07) is 3.67. The van der Waals surface area contributed by atoms with Crippen LogP contribution in [-0.4, -0.2) is 61.5 Å². The average Bonchev–Trinajstić information content (AvgIpc) is 2.42. The number of rotatable bonds is 7. The molecule has 0 spiro atoms. The lowest BCUT2D eigenvalue weighted by Gasteiger charge is -2.19. The average molecular weight is 264 g/mol. The van der Waals surface area contributed by atoms with Crippen LogP contribution in [0.1, 0.15) is 23.7 Å².